The van der Waals surface area contributed by atoms with E-state index < -0.39 is 40.6 Å². The quantitative estimate of drug-likeness (QED) is 0.102. The number of nitrogens with one attached hydrogen (secondary N) is 1. The molecule has 2 unspecified atom stereocenters. The molecule has 3 aliphatic rings. The Labute approximate surface area is 349 Å². The van der Waals surface area contributed by atoms with E-state index in [4.69, 9.17) is 4.74 Å². The third-order valence-electron chi connectivity index (χ3n) is 13.3. The molecule has 0 aliphatic heterocycles. The summed E-state index contributed by atoms with van der Waals surface area (Å²) >= 11 is 0. The molecule has 15 heteroatoms. The summed E-state index contributed by atoms with van der Waals surface area (Å²) in [4.78, 5) is 27.2. The fourth-order valence-electron chi connectivity index (χ4n) is 9.73. The summed E-state index contributed by atoms with van der Waals surface area (Å²) in [5.74, 6) is -0.612. The first kappa shape index (κ1) is 42.9. The number of Topliss-reactive ketones (excluding diaryl/α,β-unsaturated/α-hetero) is 1. The van der Waals surface area contributed by atoms with Crippen molar-refractivity contribution >= 4 is 28.5 Å². The van der Waals surface area contributed by atoms with Crippen LogP contribution in [0.2, 0.25) is 0 Å². The lowest BCUT2D eigenvalue weighted by Gasteiger charge is -2.42. The first-order valence-electron chi connectivity index (χ1n) is 21.3. The number of aliphatic hydroxyl groups is 1. The van der Waals surface area contributed by atoms with Crippen LogP contribution >= 0.6 is 0 Å². The molecule has 61 heavy (non-hydrogen) atoms. The minimum absolute atomic E-state index is 0.0242. The van der Waals surface area contributed by atoms with Gasteiger partial charge in [-0.15, -0.1) is 5.10 Å². The summed E-state index contributed by atoms with van der Waals surface area (Å²) in [5.41, 5.74) is -0.396. The molecule has 0 saturated heterocycles. The fraction of sp³-hybridized carbons (Fsp3) is 0.522. The van der Waals surface area contributed by atoms with Gasteiger partial charge < -0.3 is 15.2 Å². The number of ether oxygens (including phenoxy) is 1. The SMILES string of the molecule is CC(CC(=O)CCCc1nn2ccc(C(F)(F)F)cc2c1C1CCC1)(OC1CC(c2c(NC(=O)CC(C)(O)C3CCCC3)nn3ccc(C(F)(F)F)cc23)C1)c1ccccc1. The molecule has 9 nitrogen and oxygen atoms in total. The van der Waals surface area contributed by atoms with E-state index in [9.17, 15) is 41.0 Å². The highest BCUT2D eigenvalue weighted by atomic mass is 19.4. The van der Waals surface area contributed by atoms with Gasteiger partial charge in [-0.1, -0.05) is 49.6 Å². The first-order chi connectivity index (χ1) is 28.9. The topological polar surface area (TPSA) is 110 Å². The number of ketones is 1. The predicted molar refractivity (Wildman–Crippen MR) is 216 cm³/mol. The number of halogens is 6. The highest BCUT2D eigenvalue weighted by Gasteiger charge is 2.43. The zero-order valence-corrected chi connectivity index (χ0v) is 34.3. The van der Waals surface area contributed by atoms with Crippen LogP contribution in [-0.4, -0.2) is 47.7 Å². The average molecular weight is 852 g/mol. The van der Waals surface area contributed by atoms with Crippen molar-refractivity contribution in [1.29, 1.82) is 0 Å². The first-order valence-corrected chi connectivity index (χ1v) is 21.3. The van der Waals surface area contributed by atoms with Crippen molar-refractivity contribution in [2.45, 2.75) is 145 Å². The van der Waals surface area contributed by atoms with Gasteiger partial charge in [0.2, 0.25) is 5.91 Å². The van der Waals surface area contributed by atoms with E-state index in [0.29, 0.717) is 42.5 Å². The number of hydrogen-bond donors (Lipinski definition) is 2. The molecule has 2 atom stereocenters. The molecule has 3 fully saturated rings. The van der Waals surface area contributed by atoms with Gasteiger partial charge in [0.15, 0.2) is 5.82 Å². The maximum Gasteiger partial charge on any atom is 0.416 e. The van der Waals surface area contributed by atoms with E-state index in [-0.39, 0.29) is 60.2 Å². The van der Waals surface area contributed by atoms with Gasteiger partial charge in [0.1, 0.15) is 5.78 Å². The van der Waals surface area contributed by atoms with E-state index in [1.807, 2.05) is 37.3 Å². The zero-order chi connectivity index (χ0) is 43.3. The van der Waals surface area contributed by atoms with Gasteiger partial charge >= 0.3 is 12.4 Å². The number of carbonyl (C=O) groups excluding carboxylic acids is 2. The molecule has 8 rings (SSSR count). The van der Waals surface area contributed by atoms with Crippen LogP contribution in [0.5, 0.6) is 0 Å². The van der Waals surface area contributed by atoms with Crippen LogP contribution < -0.4 is 5.32 Å². The number of benzene rings is 1. The molecule has 326 valence electrons. The fourth-order valence-corrected chi connectivity index (χ4v) is 9.73. The van der Waals surface area contributed by atoms with Crippen molar-refractivity contribution in [2.75, 3.05) is 5.32 Å². The molecule has 3 aliphatic carbocycles. The highest BCUT2D eigenvalue weighted by Crippen LogP contribution is 2.48. The lowest BCUT2D eigenvalue weighted by molar-refractivity contribution is -0.144. The molecule has 3 saturated carbocycles. The lowest BCUT2D eigenvalue weighted by Crippen LogP contribution is -2.40. The van der Waals surface area contributed by atoms with Gasteiger partial charge in [0.05, 0.1) is 51.6 Å². The molecule has 0 radical (unpaired) electrons. The summed E-state index contributed by atoms with van der Waals surface area (Å²) in [6, 6.07) is 13.5. The number of rotatable bonds is 15. The van der Waals surface area contributed by atoms with Gasteiger partial charge in [-0.05, 0) is 113 Å². The van der Waals surface area contributed by atoms with Crippen LogP contribution in [-0.2, 0) is 38.7 Å². The second-order valence-electron chi connectivity index (χ2n) is 17.9. The van der Waals surface area contributed by atoms with Crippen LogP contribution in [0.1, 0.15) is 143 Å². The highest BCUT2D eigenvalue weighted by molar-refractivity contribution is 5.92. The second-order valence-corrected chi connectivity index (χ2v) is 17.9. The number of pyridine rings is 2. The average Bonchev–Trinajstić information content (AvgIpc) is 3.90. The number of carbonyl (C=O) groups is 2. The van der Waals surface area contributed by atoms with E-state index in [1.54, 1.807) is 6.92 Å². The monoisotopic (exact) mass is 851 g/mol. The van der Waals surface area contributed by atoms with Crippen molar-refractivity contribution in [2.24, 2.45) is 5.92 Å². The molecule has 2 N–H and O–H groups in total. The third kappa shape index (κ3) is 9.09. The summed E-state index contributed by atoms with van der Waals surface area (Å²) in [6.07, 6.45) is 1.20. The Morgan fingerprint density at radius 2 is 1.38 bits per heavy atom. The van der Waals surface area contributed by atoms with Crippen LogP contribution in [0.15, 0.2) is 67.0 Å². The van der Waals surface area contributed by atoms with Crippen molar-refractivity contribution in [3.05, 3.63) is 101 Å². The zero-order valence-electron chi connectivity index (χ0n) is 34.3. The van der Waals surface area contributed by atoms with Crippen LogP contribution in [0.3, 0.4) is 0 Å². The Morgan fingerprint density at radius 1 is 0.770 bits per heavy atom. The number of nitrogens with zero attached hydrogens (tertiary/aromatic N) is 4. The minimum Gasteiger partial charge on any atom is -0.389 e. The standard InChI is InChI=1S/C46H51F6N5O4/c1-43(60,30-12-6-7-13-30)27-39(59)53-42-41(38-25-33(46(50,51)52)19-21-57(38)55-42)29-22-35(23-29)61-44(2,31-14-4-3-5-15-31)26-34(58)16-9-17-36-40(28-10-8-11-28)37-24-32(45(47,48)49)18-20-56(37)54-36/h3-5,14-15,18-21,24-25,28-30,35,60H,6-13,16-17,22-23,26-27H2,1-2H3,(H,53,55,59). The van der Waals surface area contributed by atoms with E-state index in [0.717, 1.165) is 74.3 Å². The molecular formula is C46H51F6N5O4. The Hall–Kier alpha value is -4.76. The third-order valence-corrected chi connectivity index (χ3v) is 13.3. The van der Waals surface area contributed by atoms with Crippen molar-refractivity contribution in [3.63, 3.8) is 0 Å². The number of amides is 1. The van der Waals surface area contributed by atoms with E-state index in [1.165, 1.54) is 27.5 Å². The second kappa shape index (κ2) is 16.5. The Balaban J connectivity index is 0.969. The van der Waals surface area contributed by atoms with Gasteiger partial charge in [-0.3, -0.25) is 9.59 Å². The molecular weight excluding hydrogens is 801 g/mol. The summed E-state index contributed by atoms with van der Waals surface area (Å²) < 4.78 is 92.2. The number of anilines is 1. The van der Waals surface area contributed by atoms with Gasteiger partial charge in [-0.2, -0.15) is 31.4 Å². The van der Waals surface area contributed by atoms with Crippen LogP contribution in [0.4, 0.5) is 32.2 Å². The van der Waals surface area contributed by atoms with Crippen LogP contribution in [0, 0.1) is 5.92 Å². The molecule has 4 heterocycles. The Morgan fingerprint density at radius 3 is 1.97 bits per heavy atom. The van der Waals surface area contributed by atoms with E-state index in [2.05, 4.69) is 15.5 Å². The largest absolute Gasteiger partial charge is 0.416 e. The smallest absolute Gasteiger partial charge is 0.389 e. The maximum absolute atomic E-state index is 13.9. The molecule has 0 bridgehead atoms. The molecule has 1 aromatic carbocycles. The lowest BCUT2D eigenvalue weighted by atomic mass is 9.76. The number of aryl methyl sites for hydroxylation is 1. The Kier molecular flexibility index (Phi) is 11.6. The van der Waals surface area contributed by atoms with Gasteiger partial charge in [0.25, 0.3) is 0 Å². The van der Waals surface area contributed by atoms with Crippen molar-refractivity contribution in [1.82, 2.24) is 19.2 Å². The maximum atomic E-state index is 13.9. The molecule has 5 aromatic rings. The number of aromatic nitrogens is 4. The number of alkyl halides is 6. The van der Waals surface area contributed by atoms with Crippen molar-refractivity contribution in [3.8, 4) is 0 Å². The molecule has 1 amide bonds. The molecule has 0 spiro atoms. The summed E-state index contributed by atoms with van der Waals surface area (Å²) in [7, 11) is 0. The predicted octanol–water partition coefficient (Wildman–Crippen LogP) is 10.7. The van der Waals surface area contributed by atoms with Crippen molar-refractivity contribution < 1.29 is 45.8 Å². The van der Waals surface area contributed by atoms with Gasteiger partial charge in [-0.25, -0.2) is 9.03 Å². The Bertz CT molecular complexity index is 2390. The van der Waals surface area contributed by atoms with Crippen LogP contribution in [0.25, 0.3) is 11.0 Å². The minimum atomic E-state index is -4.60. The summed E-state index contributed by atoms with van der Waals surface area (Å²) in [5, 5.41) is 23.1. The van der Waals surface area contributed by atoms with Gasteiger partial charge in [0, 0.05) is 36.4 Å². The molecule has 4 aromatic heterocycles. The number of fused-ring (bicyclic) bond motifs is 2. The number of hydrogen-bond acceptors (Lipinski definition) is 6. The normalized spacial score (nSPS) is 20.9. The summed E-state index contributed by atoms with van der Waals surface area (Å²) in [6.45, 7) is 3.51. The van der Waals surface area contributed by atoms with E-state index >= 15 is 0 Å².